The first-order valence-electron chi connectivity index (χ1n) is 4.45. The van der Waals surface area contributed by atoms with Crippen molar-refractivity contribution in [1.29, 1.82) is 0 Å². The van der Waals surface area contributed by atoms with Crippen molar-refractivity contribution < 1.29 is 44.6 Å². The van der Waals surface area contributed by atoms with Gasteiger partial charge < -0.3 is 12.5 Å². The average molecular weight is 233 g/mol. The molecule has 0 aromatic heterocycles. The summed E-state index contributed by atoms with van der Waals surface area (Å²) < 4.78 is 20.6. The van der Waals surface area contributed by atoms with Crippen molar-refractivity contribution in [2.24, 2.45) is 5.73 Å². The van der Waals surface area contributed by atoms with Crippen LogP contribution in [0.15, 0.2) is 0 Å². The summed E-state index contributed by atoms with van der Waals surface area (Å²) in [5.74, 6) is 0. The normalized spacial score (nSPS) is 10.9. The van der Waals surface area contributed by atoms with Crippen molar-refractivity contribution >= 4 is 8.25 Å². The Kier molecular flexibility index (Phi) is 17.3. The van der Waals surface area contributed by atoms with E-state index in [2.05, 4.69) is 5.32 Å². The molecule has 0 bridgehead atoms. The molecule has 0 saturated carbocycles. The van der Waals surface area contributed by atoms with Gasteiger partial charge in [0.15, 0.2) is 0 Å². The summed E-state index contributed by atoms with van der Waals surface area (Å²) in [5, 5.41) is 3.01. The Bertz CT molecular complexity index is 145. The number of hydrogen-bond donors (Lipinski definition) is 2. The van der Waals surface area contributed by atoms with Crippen LogP contribution < -0.4 is 40.6 Å². The van der Waals surface area contributed by atoms with Gasteiger partial charge in [-0.2, -0.15) is 0 Å². The van der Waals surface area contributed by atoms with Gasteiger partial charge in [-0.15, -0.1) is 9.05 Å². The largest absolute Gasteiger partial charge is 1.00 e. The molecule has 1 atom stereocenters. The van der Waals surface area contributed by atoms with Gasteiger partial charge in [0.25, 0.3) is 0 Å². The van der Waals surface area contributed by atoms with Gasteiger partial charge in [0.05, 0.1) is 0 Å². The van der Waals surface area contributed by atoms with E-state index in [1.54, 1.807) is 0 Å². The molecule has 14 heavy (non-hydrogen) atoms. The van der Waals surface area contributed by atoms with Crippen LogP contribution in [0.25, 0.3) is 0 Å². The summed E-state index contributed by atoms with van der Waals surface area (Å²) in [5.41, 5.74) is 5.25. The van der Waals surface area contributed by atoms with E-state index >= 15 is 0 Å². The minimum atomic E-state index is -1.93. The van der Waals surface area contributed by atoms with Gasteiger partial charge in [-0.1, -0.05) is 6.92 Å². The zero-order chi connectivity index (χ0) is 9.94. The molecule has 80 valence electrons. The van der Waals surface area contributed by atoms with Gasteiger partial charge in [-0.3, -0.25) is 0 Å². The molecule has 0 aromatic carbocycles. The smallest absolute Gasteiger partial charge is 1.00 e. The van der Waals surface area contributed by atoms with E-state index in [9.17, 15) is 4.57 Å². The Morgan fingerprint density at radius 2 is 2.00 bits per heavy atom. The Labute approximate surface area is 110 Å². The molecule has 0 radical (unpaired) electrons. The van der Waals surface area contributed by atoms with Crippen molar-refractivity contribution in [3.8, 4) is 0 Å². The monoisotopic (exact) mass is 233 g/mol. The maximum absolute atomic E-state index is 10.9. The molecule has 0 spiro atoms. The fourth-order valence-electron chi connectivity index (χ4n) is 0.623. The number of nitrogens with one attached hydrogen (secondary N) is 1. The summed E-state index contributed by atoms with van der Waals surface area (Å²) in [4.78, 5) is 0. The van der Waals surface area contributed by atoms with E-state index in [0.717, 1.165) is 13.0 Å². The minimum absolute atomic E-state index is 0. The molecule has 0 aliphatic carbocycles. The molecule has 0 rings (SSSR count). The van der Waals surface area contributed by atoms with Gasteiger partial charge >= 0.3 is 37.8 Å². The van der Waals surface area contributed by atoms with E-state index < -0.39 is 8.25 Å². The first kappa shape index (κ1) is 17.3. The number of rotatable bonds is 9. The molecule has 0 aliphatic heterocycles. The third-order valence-corrected chi connectivity index (χ3v) is 1.98. The Hall–Kier alpha value is 0.940. The van der Waals surface area contributed by atoms with Crippen LogP contribution in [0.1, 0.15) is 14.8 Å². The fourth-order valence-corrected chi connectivity index (χ4v) is 1.27. The molecular weight excluding hydrogens is 214 g/mol. The van der Waals surface area contributed by atoms with Crippen molar-refractivity contribution in [1.82, 2.24) is 5.32 Å². The van der Waals surface area contributed by atoms with Crippen LogP contribution in [0, 0.1) is 0 Å². The topological polar surface area (TPSA) is 73.6 Å². The third kappa shape index (κ3) is 12.9. The van der Waals surface area contributed by atoms with E-state index in [0.29, 0.717) is 26.3 Å². The summed E-state index contributed by atoms with van der Waals surface area (Å²) in [6.45, 7) is 4.80. The van der Waals surface area contributed by atoms with Gasteiger partial charge in [-0.05, 0) is 6.42 Å². The zero-order valence-electron chi connectivity index (χ0n) is 9.99. The summed E-state index contributed by atoms with van der Waals surface area (Å²) >= 11 is 0. The van der Waals surface area contributed by atoms with Crippen LogP contribution in [0.5, 0.6) is 0 Å². The maximum Gasteiger partial charge on any atom is 1.00 e. The van der Waals surface area contributed by atoms with Crippen molar-refractivity contribution in [3.05, 3.63) is 0 Å². The van der Waals surface area contributed by atoms with Crippen LogP contribution >= 0.6 is 8.25 Å². The Morgan fingerprint density at radius 3 is 2.57 bits per heavy atom. The van der Waals surface area contributed by atoms with Gasteiger partial charge in [-0.25, -0.2) is 0 Å². The maximum atomic E-state index is 10.9. The van der Waals surface area contributed by atoms with E-state index in [-0.39, 0.29) is 31.0 Å². The average Bonchev–Trinajstić information content (AvgIpc) is 2.14. The molecule has 1 unspecified atom stereocenters. The fraction of sp³-hybridized carbons (Fsp3) is 1.00. The van der Waals surface area contributed by atoms with Crippen molar-refractivity contribution in [3.63, 3.8) is 0 Å². The molecule has 0 aliphatic rings. The SMILES string of the molecule is CCCO[P+](=O)OCCNCCN.[H-].[Na+]. The van der Waals surface area contributed by atoms with E-state index in [1.165, 1.54) is 0 Å². The second-order valence-corrected chi connectivity index (χ2v) is 3.39. The molecule has 3 N–H and O–H groups in total. The molecule has 5 nitrogen and oxygen atoms in total. The zero-order valence-corrected chi connectivity index (χ0v) is 11.9. The van der Waals surface area contributed by atoms with Crippen LogP contribution in [0.4, 0.5) is 0 Å². The van der Waals surface area contributed by atoms with Gasteiger partial charge in [0.1, 0.15) is 13.2 Å². The third-order valence-electron chi connectivity index (χ3n) is 1.20. The quantitative estimate of drug-likeness (QED) is 0.267. The molecule has 0 saturated heterocycles. The molecule has 7 heteroatoms. The number of hydrogen-bond acceptors (Lipinski definition) is 5. The molecule has 0 amide bonds. The van der Waals surface area contributed by atoms with E-state index in [4.69, 9.17) is 14.8 Å². The van der Waals surface area contributed by atoms with Crippen LogP contribution in [0.2, 0.25) is 0 Å². The Morgan fingerprint density at radius 1 is 1.36 bits per heavy atom. The predicted octanol–water partition coefficient (Wildman–Crippen LogP) is -2.25. The van der Waals surface area contributed by atoms with E-state index in [1.807, 2.05) is 6.92 Å². The molecular formula is C7H19N2NaO3P+. The molecule has 0 aromatic rings. The summed E-state index contributed by atoms with van der Waals surface area (Å²) in [6, 6.07) is 0. The first-order chi connectivity index (χ1) is 6.31. The minimum Gasteiger partial charge on any atom is -1.00 e. The van der Waals surface area contributed by atoms with Crippen molar-refractivity contribution in [2.75, 3.05) is 32.8 Å². The standard InChI is InChI=1S/C7H18N2O3P.Na.H/c1-2-6-11-13(10)12-7-5-9-4-3-8;;/h9H,2-8H2,1H3;;/q2*+1;-1. The first-order valence-corrected chi connectivity index (χ1v) is 5.54. The van der Waals surface area contributed by atoms with Crippen LogP contribution in [0.3, 0.4) is 0 Å². The van der Waals surface area contributed by atoms with Crippen molar-refractivity contribution in [2.45, 2.75) is 13.3 Å². The number of nitrogens with two attached hydrogens (primary N) is 1. The second kappa shape index (κ2) is 13.9. The second-order valence-electron chi connectivity index (χ2n) is 2.43. The van der Waals surface area contributed by atoms with Crippen LogP contribution in [-0.4, -0.2) is 32.8 Å². The molecule has 0 fully saturated rings. The summed E-state index contributed by atoms with van der Waals surface area (Å²) in [6.07, 6.45) is 0.843. The van der Waals surface area contributed by atoms with Gasteiger partial charge in [0, 0.05) is 24.2 Å². The predicted molar refractivity (Wildman–Crippen MR) is 52.8 cm³/mol. The molecule has 0 heterocycles. The summed E-state index contributed by atoms with van der Waals surface area (Å²) in [7, 11) is -1.93. The Balaban J connectivity index is -0.000000720. The van der Waals surface area contributed by atoms with Crippen LogP contribution in [-0.2, 0) is 13.6 Å². The van der Waals surface area contributed by atoms with Gasteiger partial charge in [0.2, 0.25) is 0 Å².